The van der Waals surface area contributed by atoms with Gasteiger partial charge < -0.3 is 16.4 Å². The van der Waals surface area contributed by atoms with E-state index in [1.165, 1.54) is 19.3 Å². The van der Waals surface area contributed by atoms with Gasteiger partial charge in [0, 0.05) is 43.4 Å². The van der Waals surface area contributed by atoms with Crippen molar-refractivity contribution < 1.29 is 0 Å². The molecule has 3 heterocycles. The maximum Gasteiger partial charge on any atom is 0.225 e. The van der Waals surface area contributed by atoms with Crippen LogP contribution in [0.4, 0.5) is 5.95 Å². The minimum atomic E-state index is 0.381. The number of piperidine rings is 1. The molecule has 0 aromatic carbocycles. The van der Waals surface area contributed by atoms with Gasteiger partial charge in [0.2, 0.25) is 5.95 Å². The fourth-order valence-electron chi connectivity index (χ4n) is 2.62. The summed E-state index contributed by atoms with van der Waals surface area (Å²) in [4.78, 5) is 16.7. The largest absolute Gasteiger partial charge is 0.395 e. The van der Waals surface area contributed by atoms with Crippen LogP contribution in [0.25, 0.3) is 5.70 Å². The van der Waals surface area contributed by atoms with Gasteiger partial charge in [-0.1, -0.05) is 6.58 Å². The number of allylic oxidation sites excluding steroid dienone is 1. The summed E-state index contributed by atoms with van der Waals surface area (Å²) in [6.45, 7) is 5.89. The molecule has 0 bridgehead atoms. The van der Waals surface area contributed by atoms with E-state index in [1.54, 1.807) is 35.9 Å². The summed E-state index contributed by atoms with van der Waals surface area (Å²) in [5.74, 6) is 1.13. The molecule has 1 aromatic rings. The Kier molecular flexibility index (Phi) is 4.27. The third-order valence-electron chi connectivity index (χ3n) is 3.96. The number of aromatic nitrogens is 2. The molecule has 0 amide bonds. The van der Waals surface area contributed by atoms with Crippen molar-refractivity contribution in [1.82, 2.24) is 14.9 Å². The molecule has 2 aliphatic heterocycles. The molecular weight excluding hydrogens is 290 g/mol. The number of anilines is 1. The van der Waals surface area contributed by atoms with E-state index >= 15 is 0 Å². The Hall–Kier alpha value is -2.83. The van der Waals surface area contributed by atoms with Crippen molar-refractivity contribution >= 4 is 17.9 Å². The highest BCUT2D eigenvalue weighted by atomic mass is 15.2. The van der Waals surface area contributed by atoms with E-state index in [1.807, 2.05) is 0 Å². The number of aliphatic imine (C=N–C) groups is 1. The van der Waals surface area contributed by atoms with E-state index in [0.29, 0.717) is 22.8 Å². The summed E-state index contributed by atoms with van der Waals surface area (Å²) in [6.07, 6.45) is 12.0. The van der Waals surface area contributed by atoms with Crippen molar-refractivity contribution in [2.24, 2.45) is 16.5 Å². The average molecular weight is 311 g/mol. The number of nitrogens with two attached hydrogens (primary N) is 2. The molecule has 7 nitrogen and oxygen atoms in total. The molecule has 3 rings (SSSR count). The van der Waals surface area contributed by atoms with Gasteiger partial charge in [0.1, 0.15) is 5.82 Å². The summed E-state index contributed by atoms with van der Waals surface area (Å²) in [5, 5.41) is 0. The molecule has 1 aromatic heterocycles. The quantitative estimate of drug-likeness (QED) is 0.875. The number of rotatable bonds is 3. The Morgan fingerprint density at radius 2 is 1.78 bits per heavy atom. The van der Waals surface area contributed by atoms with Gasteiger partial charge in [-0.3, -0.25) is 9.89 Å². The van der Waals surface area contributed by atoms with Crippen LogP contribution in [0.3, 0.4) is 0 Å². The average Bonchev–Trinajstić information content (AvgIpc) is 2.62. The molecule has 2 aliphatic rings. The topological polar surface area (TPSA) is 96.7 Å². The van der Waals surface area contributed by atoms with Gasteiger partial charge in [0.25, 0.3) is 0 Å². The first kappa shape index (κ1) is 15.1. The van der Waals surface area contributed by atoms with Crippen LogP contribution in [0.15, 0.2) is 47.9 Å². The van der Waals surface area contributed by atoms with Crippen LogP contribution in [-0.2, 0) is 0 Å². The van der Waals surface area contributed by atoms with E-state index < -0.39 is 0 Å². The fraction of sp³-hybridized carbons (Fsp3) is 0.312. The number of hydrogen-bond donors (Lipinski definition) is 2. The summed E-state index contributed by atoms with van der Waals surface area (Å²) in [7, 11) is 0. The van der Waals surface area contributed by atoms with Crippen LogP contribution < -0.4 is 16.4 Å². The van der Waals surface area contributed by atoms with Crippen molar-refractivity contribution in [3.8, 4) is 0 Å². The molecule has 0 atom stereocenters. The van der Waals surface area contributed by atoms with Crippen LogP contribution in [0.5, 0.6) is 0 Å². The van der Waals surface area contributed by atoms with E-state index in [0.717, 1.165) is 19.0 Å². The molecule has 0 spiro atoms. The third-order valence-corrected chi connectivity index (χ3v) is 3.96. The molecule has 23 heavy (non-hydrogen) atoms. The lowest BCUT2D eigenvalue weighted by atomic mass is 10.1. The van der Waals surface area contributed by atoms with Gasteiger partial charge in [0.15, 0.2) is 0 Å². The summed E-state index contributed by atoms with van der Waals surface area (Å²) in [6, 6.07) is 0. The minimum Gasteiger partial charge on any atom is -0.395 e. The number of hydrogen-bond acceptors (Lipinski definition) is 7. The van der Waals surface area contributed by atoms with Gasteiger partial charge in [-0.15, -0.1) is 0 Å². The molecule has 0 unspecified atom stereocenters. The monoisotopic (exact) mass is 311 g/mol. The second kappa shape index (κ2) is 6.51. The van der Waals surface area contributed by atoms with E-state index in [9.17, 15) is 0 Å². The zero-order chi connectivity index (χ0) is 16.2. The van der Waals surface area contributed by atoms with Crippen LogP contribution in [0.2, 0.25) is 0 Å². The molecule has 4 N–H and O–H groups in total. The van der Waals surface area contributed by atoms with E-state index in [-0.39, 0.29) is 0 Å². The Morgan fingerprint density at radius 3 is 2.43 bits per heavy atom. The zero-order valence-corrected chi connectivity index (χ0v) is 13.0. The van der Waals surface area contributed by atoms with Gasteiger partial charge in [0.05, 0.1) is 17.6 Å². The highest BCUT2D eigenvalue weighted by Crippen LogP contribution is 2.19. The lowest BCUT2D eigenvalue weighted by Gasteiger charge is -2.26. The van der Waals surface area contributed by atoms with Crippen molar-refractivity contribution in [3.63, 3.8) is 0 Å². The Bertz CT molecular complexity index is 666. The molecule has 0 saturated carbocycles. The van der Waals surface area contributed by atoms with Gasteiger partial charge in [-0.2, -0.15) is 0 Å². The van der Waals surface area contributed by atoms with Crippen molar-refractivity contribution in [2.45, 2.75) is 19.3 Å². The van der Waals surface area contributed by atoms with Gasteiger partial charge in [-0.25, -0.2) is 9.97 Å². The molecule has 0 radical (unpaired) electrons. The standard InChI is InChI=1S/C16H21N7/c1-12-9-19-5-8-23(12)15(18)14(17)13-10-20-16(21-11-13)22-6-3-2-4-7-22/h5,8-11H,1-4,6-7,17-18H2/b15-14-. The predicted molar refractivity (Wildman–Crippen MR) is 92.0 cm³/mol. The zero-order valence-electron chi connectivity index (χ0n) is 13.0. The SMILES string of the molecule is C=C1C=NC=CN1/C(N)=C(\N)c1cnc(N2CCCCC2)nc1. The first-order chi connectivity index (χ1) is 11.2. The molecule has 7 heteroatoms. The molecule has 0 aliphatic carbocycles. The van der Waals surface area contributed by atoms with E-state index in [2.05, 4.69) is 26.4 Å². The van der Waals surface area contributed by atoms with Crippen LogP contribution in [0, 0.1) is 0 Å². The Morgan fingerprint density at radius 1 is 1.09 bits per heavy atom. The third kappa shape index (κ3) is 3.18. The lowest BCUT2D eigenvalue weighted by molar-refractivity contribution is 0.568. The first-order valence-electron chi connectivity index (χ1n) is 7.67. The highest BCUT2D eigenvalue weighted by molar-refractivity contribution is 5.80. The molecule has 1 fully saturated rings. The van der Waals surface area contributed by atoms with Gasteiger partial charge in [-0.05, 0) is 19.3 Å². The fourth-order valence-corrected chi connectivity index (χ4v) is 2.62. The maximum absolute atomic E-state index is 6.16. The van der Waals surface area contributed by atoms with E-state index in [4.69, 9.17) is 11.5 Å². The molecule has 120 valence electrons. The number of nitrogens with zero attached hydrogens (tertiary/aromatic N) is 5. The van der Waals surface area contributed by atoms with Crippen molar-refractivity contribution in [2.75, 3.05) is 18.0 Å². The maximum atomic E-state index is 6.16. The van der Waals surface area contributed by atoms with Gasteiger partial charge >= 0.3 is 0 Å². The van der Waals surface area contributed by atoms with Crippen molar-refractivity contribution in [1.29, 1.82) is 0 Å². The second-order valence-corrected chi connectivity index (χ2v) is 5.56. The first-order valence-corrected chi connectivity index (χ1v) is 7.67. The van der Waals surface area contributed by atoms with Crippen LogP contribution in [0.1, 0.15) is 24.8 Å². The second-order valence-electron chi connectivity index (χ2n) is 5.56. The predicted octanol–water partition coefficient (Wildman–Crippen LogP) is 1.38. The van der Waals surface area contributed by atoms with Crippen molar-refractivity contribution in [3.05, 3.63) is 48.5 Å². The summed E-state index contributed by atoms with van der Waals surface area (Å²) in [5.41, 5.74) is 14.0. The highest BCUT2D eigenvalue weighted by Gasteiger charge is 2.16. The Labute approximate surface area is 135 Å². The van der Waals surface area contributed by atoms with Crippen LogP contribution in [-0.4, -0.2) is 34.2 Å². The van der Waals surface area contributed by atoms with Crippen LogP contribution >= 0.6 is 0 Å². The molecular formula is C16H21N7. The molecule has 1 saturated heterocycles. The normalized spacial score (nSPS) is 19.0. The lowest BCUT2D eigenvalue weighted by Crippen LogP contribution is -2.31. The summed E-state index contributed by atoms with van der Waals surface area (Å²) >= 11 is 0. The minimum absolute atomic E-state index is 0.381. The smallest absolute Gasteiger partial charge is 0.225 e. The summed E-state index contributed by atoms with van der Waals surface area (Å²) < 4.78 is 0. The Balaban J connectivity index is 1.80.